The Labute approximate surface area is 117 Å². The zero-order chi connectivity index (χ0) is 13.9. The molecule has 0 saturated heterocycles. The normalized spacial score (nSPS) is 19.4. The maximum absolute atomic E-state index is 6.33. The van der Waals surface area contributed by atoms with Gasteiger partial charge in [-0.15, -0.1) is 0 Å². The molecule has 1 aromatic carbocycles. The number of rotatable bonds is 4. The third-order valence-corrected chi connectivity index (χ3v) is 4.74. The lowest BCUT2D eigenvalue weighted by Crippen LogP contribution is -2.35. The number of hydrogen-bond donors (Lipinski definition) is 2. The van der Waals surface area contributed by atoms with Crippen LogP contribution in [-0.2, 0) is 0 Å². The third kappa shape index (κ3) is 3.37. The van der Waals surface area contributed by atoms with Crippen LogP contribution in [0.2, 0.25) is 0 Å². The van der Waals surface area contributed by atoms with Crippen LogP contribution in [0.5, 0.6) is 0 Å². The van der Waals surface area contributed by atoms with Gasteiger partial charge in [-0.05, 0) is 41.8 Å². The quantitative estimate of drug-likeness (QED) is 0.867. The van der Waals surface area contributed by atoms with Crippen LogP contribution >= 0.6 is 0 Å². The molecule has 2 rings (SSSR count). The fraction of sp³-hybridized carbons (Fsp3) is 0.647. The molecule has 1 unspecified atom stereocenters. The van der Waals surface area contributed by atoms with E-state index in [2.05, 4.69) is 38.1 Å². The maximum Gasteiger partial charge on any atom is 0.0358 e. The molecule has 0 heterocycles. The first-order valence-electron chi connectivity index (χ1n) is 7.60. The molecule has 1 saturated carbocycles. The molecule has 4 N–H and O–H groups in total. The van der Waals surface area contributed by atoms with Gasteiger partial charge in [0, 0.05) is 6.04 Å². The lowest BCUT2D eigenvalue weighted by molar-refractivity contribution is 0.301. The van der Waals surface area contributed by atoms with Gasteiger partial charge < -0.3 is 11.5 Å². The molecule has 0 radical (unpaired) electrons. The Morgan fingerprint density at radius 3 is 2.21 bits per heavy atom. The molecule has 0 spiro atoms. The van der Waals surface area contributed by atoms with Gasteiger partial charge in [0.15, 0.2) is 0 Å². The topological polar surface area (TPSA) is 52.0 Å². The van der Waals surface area contributed by atoms with Gasteiger partial charge in [0.25, 0.3) is 0 Å². The summed E-state index contributed by atoms with van der Waals surface area (Å²) in [6.45, 7) is 4.87. The smallest absolute Gasteiger partial charge is 0.0358 e. The molecule has 19 heavy (non-hydrogen) atoms. The summed E-state index contributed by atoms with van der Waals surface area (Å²) >= 11 is 0. The molecule has 0 amide bonds. The second-order valence-corrected chi connectivity index (χ2v) is 6.67. The molecule has 0 aliphatic heterocycles. The van der Waals surface area contributed by atoms with Gasteiger partial charge in [0.2, 0.25) is 0 Å². The van der Waals surface area contributed by atoms with Crippen molar-refractivity contribution in [1.82, 2.24) is 0 Å². The molecule has 1 aliphatic carbocycles. The van der Waals surface area contributed by atoms with Crippen LogP contribution in [-0.4, -0.2) is 6.54 Å². The first kappa shape index (κ1) is 14.5. The largest absolute Gasteiger partial charge is 0.330 e. The minimum atomic E-state index is -0.0493. The fourth-order valence-electron chi connectivity index (χ4n) is 2.99. The predicted octanol–water partition coefficient (Wildman–Crippen LogP) is 3.72. The van der Waals surface area contributed by atoms with E-state index in [9.17, 15) is 0 Å². The highest BCUT2D eigenvalue weighted by molar-refractivity contribution is 5.28. The summed E-state index contributed by atoms with van der Waals surface area (Å²) < 4.78 is 0. The van der Waals surface area contributed by atoms with Gasteiger partial charge >= 0.3 is 0 Å². The molecular formula is C17H28N2. The second-order valence-electron chi connectivity index (χ2n) is 6.67. The predicted molar refractivity (Wildman–Crippen MR) is 82.0 cm³/mol. The Hall–Kier alpha value is -0.860. The minimum absolute atomic E-state index is 0.0119. The standard InChI is InChI=1S/C17H28N2/c1-17(2,12-18)16(19)15-10-8-14(9-11-15)13-6-4-3-5-7-13/h8-11,13,16H,3-7,12,18-19H2,1-2H3. The summed E-state index contributed by atoms with van der Waals surface area (Å²) in [7, 11) is 0. The lowest BCUT2D eigenvalue weighted by atomic mass is 9.79. The van der Waals surface area contributed by atoms with Crippen molar-refractivity contribution in [2.24, 2.45) is 16.9 Å². The molecule has 0 bridgehead atoms. The average Bonchev–Trinajstić information content (AvgIpc) is 2.47. The number of nitrogens with two attached hydrogens (primary N) is 2. The number of benzene rings is 1. The van der Waals surface area contributed by atoms with Crippen LogP contribution in [0.15, 0.2) is 24.3 Å². The minimum Gasteiger partial charge on any atom is -0.330 e. The van der Waals surface area contributed by atoms with Crippen molar-refractivity contribution in [2.75, 3.05) is 6.54 Å². The van der Waals surface area contributed by atoms with E-state index < -0.39 is 0 Å². The monoisotopic (exact) mass is 260 g/mol. The van der Waals surface area contributed by atoms with Crippen LogP contribution in [0.25, 0.3) is 0 Å². The van der Waals surface area contributed by atoms with Crippen molar-refractivity contribution >= 4 is 0 Å². The van der Waals surface area contributed by atoms with E-state index in [1.54, 1.807) is 0 Å². The maximum atomic E-state index is 6.33. The van der Waals surface area contributed by atoms with Crippen molar-refractivity contribution in [3.8, 4) is 0 Å². The van der Waals surface area contributed by atoms with Crippen molar-refractivity contribution in [1.29, 1.82) is 0 Å². The number of hydrogen-bond acceptors (Lipinski definition) is 2. The van der Waals surface area contributed by atoms with Gasteiger partial charge in [0.05, 0.1) is 0 Å². The Morgan fingerprint density at radius 2 is 1.68 bits per heavy atom. The molecule has 1 aliphatic rings. The van der Waals surface area contributed by atoms with Crippen molar-refractivity contribution in [3.63, 3.8) is 0 Å². The zero-order valence-electron chi connectivity index (χ0n) is 12.4. The van der Waals surface area contributed by atoms with E-state index in [1.807, 2.05) is 0 Å². The van der Waals surface area contributed by atoms with Crippen molar-refractivity contribution in [3.05, 3.63) is 35.4 Å². The highest BCUT2D eigenvalue weighted by atomic mass is 14.7. The van der Waals surface area contributed by atoms with Gasteiger partial charge in [-0.1, -0.05) is 57.4 Å². The second kappa shape index (κ2) is 6.06. The van der Waals surface area contributed by atoms with E-state index in [0.717, 1.165) is 5.92 Å². The first-order chi connectivity index (χ1) is 9.04. The summed E-state index contributed by atoms with van der Waals surface area (Å²) in [6.07, 6.45) is 6.86. The van der Waals surface area contributed by atoms with Crippen LogP contribution in [0.1, 0.15) is 69.0 Å². The van der Waals surface area contributed by atoms with Crippen molar-refractivity contribution in [2.45, 2.75) is 57.9 Å². The third-order valence-electron chi connectivity index (χ3n) is 4.74. The van der Waals surface area contributed by atoms with Gasteiger partial charge in [-0.3, -0.25) is 0 Å². The van der Waals surface area contributed by atoms with Crippen LogP contribution < -0.4 is 11.5 Å². The summed E-state index contributed by atoms with van der Waals surface area (Å²) in [5.41, 5.74) is 14.8. The van der Waals surface area contributed by atoms with E-state index in [0.29, 0.717) is 6.54 Å². The first-order valence-corrected chi connectivity index (χ1v) is 7.60. The van der Waals surface area contributed by atoms with E-state index in [-0.39, 0.29) is 11.5 Å². The molecule has 2 nitrogen and oxygen atoms in total. The van der Waals surface area contributed by atoms with Crippen LogP contribution in [0.3, 0.4) is 0 Å². The Bertz CT molecular complexity index is 388. The fourth-order valence-corrected chi connectivity index (χ4v) is 2.99. The Kier molecular flexibility index (Phi) is 4.64. The summed E-state index contributed by atoms with van der Waals surface area (Å²) in [5, 5.41) is 0. The molecule has 1 aromatic rings. The highest BCUT2D eigenvalue weighted by Gasteiger charge is 2.26. The van der Waals surface area contributed by atoms with Crippen LogP contribution in [0, 0.1) is 5.41 Å². The Balaban J connectivity index is 2.09. The molecule has 1 fully saturated rings. The lowest BCUT2D eigenvalue weighted by Gasteiger charge is -2.31. The summed E-state index contributed by atoms with van der Waals surface area (Å²) in [5.74, 6) is 0.765. The van der Waals surface area contributed by atoms with Gasteiger partial charge in [0.1, 0.15) is 0 Å². The van der Waals surface area contributed by atoms with E-state index in [1.165, 1.54) is 43.2 Å². The highest BCUT2D eigenvalue weighted by Crippen LogP contribution is 2.34. The molecule has 2 heteroatoms. The van der Waals surface area contributed by atoms with Gasteiger partial charge in [-0.25, -0.2) is 0 Å². The van der Waals surface area contributed by atoms with E-state index >= 15 is 0 Å². The molecule has 1 atom stereocenters. The molecule has 106 valence electrons. The van der Waals surface area contributed by atoms with E-state index in [4.69, 9.17) is 11.5 Å². The zero-order valence-corrected chi connectivity index (χ0v) is 12.4. The average molecular weight is 260 g/mol. The summed E-state index contributed by atoms with van der Waals surface area (Å²) in [4.78, 5) is 0. The SMILES string of the molecule is CC(C)(CN)C(N)c1ccc(C2CCCCC2)cc1. The Morgan fingerprint density at radius 1 is 1.11 bits per heavy atom. The molecular weight excluding hydrogens is 232 g/mol. The summed E-state index contributed by atoms with van der Waals surface area (Å²) in [6, 6.07) is 8.96. The van der Waals surface area contributed by atoms with Crippen molar-refractivity contribution < 1.29 is 0 Å². The van der Waals surface area contributed by atoms with Gasteiger partial charge in [-0.2, -0.15) is 0 Å². The van der Waals surface area contributed by atoms with Crippen LogP contribution in [0.4, 0.5) is 0 Å². The molecule has 0 aromatic heterocycles.